The van der Waals surface area contributed by atoms with Gasteiger partial charge in [-0.05, 0) is 25.7 Å². The Labute approximate surface area is 71.7 Å². The van der Waals surface area contributed by atoms with Crippen LogP contribution in [0.4, 0.5) is 0 Å². The molecular weight excluding hydrogens is 158 g/mol. The second-order valence-electron chi connectivity index (χ2n) is 3.17. The average molecular weight is 173 g/mol. The minimum Gasteiger partial charge on any atom is -0.480 e. The minimum absolute atomic E-state index is 0.0600. The molecule has 70 valence electrons. The Bertz CT molecular complexity index is 154. The fraction of sp³-hybridized carbons (Fsp3) is 0.875. The molecule has 0 aromatic rings. The van der Waals surface area contributed by atoms with Crippen molar-refractivity contribution in [2.75, 3.05) is 6.61 Å². The lowest BCUT2D eigenvalue weighted by atomic mass is 10.0. The summed E-state index contributed by atoms with van der Waals surface area (Å²) in [4.78, 5) is 10.4. The van der Waals surface area contributed by atoms with E-state index in [1.54, 1.807) is 0 Å². The number of aliphatic carboxylic acids is 1. The smallest absolute Gasteiger partial charge is 0.320 e. The minimum atomic E-state index is -0.941. The van der Waals surface area contributed by atoms with Gasteiger partial charge in [-0.1, -0.05) is 0 Å². The van der Waals surface area contributed by atoms with Crippen LogP contribution >= 0.6 is 0 Å². The van der Waals surface area contributed by atoms with Crippen LogP contribution in [0.1, 0.15) is 25.7 Å². The van der Waals surface area contributed by atoms with Crippen LogP contribution in [0.25, 0.3) is 0 Å². The van der Waals surface area contributed by atoms with Gasteiger partial charge in [0, 0.05) is 6.61 Å². The third kappa shape index (κ3) is 2.79. The van der Waals surface area contributed by atoms with E-state index in [4.69, 9.17) is 15.6 Å². The van der Waals surface area contributed by atoms with Gasteiger partial charge in [0.25, 0.3) is 0 Å². The first kappa shape index (κ1) is 9.48. The van der Waals surface area contributed by atoms with E-state index in [2.05, 4.69) is 0 Å². The van der Waals surface area contributed by atoms with Crippen LogP contribution in [0, 0.1) is 0 Å². The van der Waals surface area contributed by atoms with E-state index in [1.807, 2.05) is 0 Å². The molecule has 0 unspecified atom stereocenters. The Balaban J connectivity index is 2.24. The summed E-state index contributed by atoms with van der Waals surface area (Å²) in [5.41, 5.74) is 5.37. The maximum atomic E-state index is 10.4. The molecule has 0 spiro atoms. The van der Waals surface area contributed by atoms with E-state index in [9.17, 15) is 4.79 Å². The van der Waals surface area contributed by atoms with E-state index in [0.29, 0.717) is 6.42 Å². The maximum Gasteiger partial charge on any atom is 0.320 e. The molecule has 3 N–H and O–H groups in total. The fourth-order valence-electron chi connectivity index (χ4n) is 1.38. The fourth-order valence-corrected chi connectivity index (χ4v) is 1.38. The van der Waals surface area contributed by atoms with E-state index >= 15 is 0 Å². The van der Waals surface area contributed by atoms with E-state index in [-0.39, 0.29) is 6.10 Å². The summed E-state index contributed by atoms with van der Waals surface area (Å²) in [5, 5.41) is 8.53. The van der Waals surface area contributed by atoms with Crippen LogP contribution < -0.4 is 5.73 Å². The molecule has 1 aliphatic heterocycles. The highest BCUT2D eigenvalue weighted by Gasteiger charge is 2.20. The molecule has 4 heteroatoms. The first-order valence-electron chi connectivity index (χ1n) is 4.30. The summed E-state index contributed by atoms with van der Waals surface area (Å²) in [5.74, 6) is -0.941. The SMILES string of the molecule is N[C@H](C[C@@H]1CCCCO1)C(=O)O. The number of nitrogens with two attached hydrogens (primary N) is 1. The van der Waals surface area contributed by atoms with Crippen LogP contribution in [0.2, 0.25) is 0 Å². The monoisotopic (exact) mass is 173 g/mol. The molecule has 12 heavy (non-hydrogen) atoms. The van der Waals surface area contributed by atoms with Gasteiger partial charge in [0.15, 0.2) is 0 Å². The van der Waals surface area contributed by atoms with Crippen LogP contribution in [-0.2, 0) is 9.53 Å². The van der Waals surface area contributed by atoms with Crippen molar-refractivity contribution in [1.82, 2.24) is 0 Å². The molecule has 1 saturated heterocycles. The number of hydrogen-bond donors (Lipinski definition) is 2. The normalized spacial score (nSPS) is 26.6. The van der Waals surface area contributed by atoms with E-state index in [1.165, 1.54) is 0 Å². The Morgan fingerprint density at radius 3 is 2.92 bits per heavy atom. The van der Waals surface area contributed by atoms with Crippen molar-refractivity contribution >= 4 is 5.97 Å². The van der Waals surface area contributed by atoms with E-state index in [0.717, 1.165) is 25.9 Å². The highest BCUT2D eigenvalue weighted by Crippen LogP contribution is 2.16. The van der Waals surface area contributed by atoms with Gasteiger partial charge in [0.2, 0.25) is 0 Å². The zero-order valence-electron chi connectivity index (χ0n) is 7.03. The average Bonchev–Trinajstić information content (AvgIpc) is 2.06. The third-order valence-corrected chi connectivity index (χ3v) is 2.11. The maximum absolute atomic E-state index is 10.4. The first-order chi connectivity index (χ1) is 5.70. The van der Waals surface area contributed by atoms with Gasteiger partial charge in [-0.2, -0.15) is 0 Å². The summed E-state index contributed by atoms with van der Waals surface area (Å²) in [6, 6.07) is -0.770. The molecule has 0 aliphatic carbocycles. The summed E-state index contributed by atoms with van der Waals surface area (Å²) in [7, 11) is 0. The predicted molar refractivity (Wildman–Crippen MR) is 43.8 cm³/mol. The number of carboxylic acids is 1. The predicted octanol–water partition coefficient (Wildman–Crippen LogP) is 0.357. The summed E-state index contributed by atoms with van der Waals surface area (Å²) >= 11 is 0. The Morgan fingerprint density at radius 2 is 2.42 bits per heavy atom. The van der Waals surface area contributed by atoms with Crippen molar-refractivity contribution in [3.05, 3.63) is 0 Å². The lowest BCUT2D eigenvalue weighted by Gasteiger charge is -2.23. The van der Waals surface area contributed by atoms with Crippen molar-refractivity contribution in [2.24, 2.45) is 5.73 Å². The van der Waals surface area contributed by atoms with Crippen molar-refractivity contribution in [3.8, 4) is 0 Å². The zero-order valence-corrected chi connectivity index (χ0v) is 7.03. The Hall–Kier alpha value is -0.610. The number of ether oxygens (including phenoxy) is 1. The van der Waals surface area contributed by atoms with Crippen molar-refractivity contribution < 1.29 is 14.6 Å². The van der Waals surface area contributed by atoms with Gasteiger partial charge in [-0.25, -0.2) is 0 Å². The summed E-state index contributed by atoms with van der Waals surface area (Å²) in [6.45, 7) is 0.747. The van der Waals surface area contributed by atoms with Crippen molar-refractivity contribution in [1.29, 1.82) is 0 Å². The summed E-state index contributed by atoms with van der Waals surface area (Å²) < 4.78 is 5.36. The Kier molecular flexibility index (Phi) is 3.49. The molecule has 1 fully saturated rings. The number of hydrogen-bond acceptors (Lipinski definition) is 3. The van der Waals surface area contributed by atoms with Crippen LogP contribution in [0.15, 0.2) is 0 Å². The molecule has 0 bridgehead atoms. The number of rotatable bonds is 3. The largest absolute Gasteiger partial charge is 0.480 e. The van der Waals surface area contributed by atoms with Crippen molar-refractivity contribution in [2.45, 2.75) is 37.8 Å². The van der Waals surface area contributed by atoms with Crippen molar-refractivity contribution in [3.63, 3.8) is 0 Å². The Morgan fingerprint density at radius 1 is 1.67 bits per heavy atom. The van der Waals surface area contributed by atoms with Crippen LogP contribution in [0.3, 0.4) is 0 Å². The van der Waals surface area contributed by atoms with Gasteiger partial charge < -0.3 is 15.6 Å². The van der Waals surface area contributed by atoms with Crippen LogP contribution in [-0.4, -0.2) is 29.8 Å². The molecule has 0 aromatic carbocycles. The lowest BCUT2D eigenvalue weighted by molar-refractivity contribution is -0.139. The highest BCUT2D eigenvalue weighted by atomic mass is 16.5. The van der Waals surface area contributed by atoms with Gasteiger partial charge in [0.1, 0.15) is 6.04 Å². The molecule has 4 nitrogen and oxygen atoms in total. The molecule has 1 aliphatic rings. The standard InChI is InChI=1S/C8H15NO3/c9-7(8(10)11)5-6-3-1-2-4-12-6/h6-7H,1-5,9H2,(H,10,11)/t6-,7+/m0/s1. The lowest BCUT2D eigenvalue weighted by Crippen LogP contribution is -2.35. The van der Waals surface area contributed by atoms with Gasteiger partial charge in [-0.3, -0.25) is 4.79 Å². The second kappa shape index (κ2) is 4.42. The van der Waals surface area contributed by atoms with E-state index < -0.39 is 12.0 Å². The second-order valence-corrected chi connectivity index (χ2v) is 3.17. The third-order valence-electron chi connectivity index (χ3n) is 2.11. The molecule has 0 aromatic heterocycles. The topological polar surface area (TPSA) is 72.5 Å². The summed E-state index contributed by atoms with van der Waals surface area (Å²) in [6.07, 6.45) is 3.65. The number of carboxylic acid groups (broad SMARTS) is 1. The quantitative estimate of drug-likeness (QED) is 0.646. The van der Waals surface area contributed by atoms with Gasteiger partial charge >= 0.3 is 5.97 Å². The number of carbonyl (C=O) groups is 1. The zero-order chi connectivity index (χ0) is 8.97. The van der Waals surface area contributed by atoms with Crippen LogP contribution in [0.5, 0.6) is 0 Å². The van der Waals surface area contributed by atoms with Gasteiger partial charge in [-0.15, -0.1) is 0 Å². The molecule has 2 atom stereocenters. The molecule has 1 rings (SSSR count). The van der Waals surface area contributed by atoms with Gasteiger partial charge in [0.05, 0.1) is 6.10 Å². The molecule has 1 heterocycles. The first-order valence-corrected chi connectivity index (χ1v) is 4.30. The molecule has 0 radical (unpaired) electrons. The highest BCUT2D eigenvalue weighted by molar-refractivity contribution is 5.73. The molecular formula is C8H15NO3. The molecule has 0 amide bonds. The molecule has 0 saturated carbocycles.